The number of amides is 1. The highest BCUT2D eigenvalue weighted by molar-refractivity contribution is 6.31. The topological polar surface area (TPSA) is 58.6 Å². The van der Waals surface area contributed by atoms with E-state index in [9.17, 15) is 9.59 Å². The van der Waals surface area contributed by atoms with Crippen molar-refractivity contribution >= 4 is 29.2 Å². The van der Waals surface area contributed by atoms with Crippen LogP contribution in [0.25, 0.3) is 0 Å². The Labute approximate surface area is 180 Å². The number of hydrogen-bond acceptors (Lipinski definition) is 4. The summed E-state index contributed by atoms with van der Waals surface area (Å²) in [7, 11) is 0. The molecule has 3 aromatic rings. The van der Waals surface area contributed by atoms with E-state index in [1.54, 1.807) is 30.0 Å². The Balaban J connectivity index is 1.67. The maximum atomic E-state index is 13.1. The summed E-state index contributed by atoms with van der Waals surface area (Å²) in [6.45, 7) is 2.45. The highest BCUT2D eigenvalue weighted by Gasteiger charge is 2.36. The highest BCUT2D eigenvalue weighted by atomic mass is 35.5. The van der Waals surface area contributed by atoms with Crippen molar-refractivity contribution in [1.82, 2.24) is 4.90 Å². The molecule has 5 nitrogen and oxygen atoms in total. The molecule has 0 radical (unpaired) electrons. The third-order valence-corrected chi connectivity index (χ3v) is 5.40. The van der Waals surface area contributed by atoms with Crippen molar-refractivity contribution in [3.05, 3.63) is 100 Å². The SMILES string of the molecule is CCOC(=O)c1cccc(N[C@H]2c3ccccc3C(=O)N2Cc2ccccc2Cl)c1. The number of carbonyl (C=O) groups is 2. The molecule has 0 fully saturated rings. The van der Waals surface area contributed by atoms with Gasteiger partial charge < -0.3 is 15.0 Å². The van der Waals surface area contributed by atoms with Crippen molar-refractivity contribution in [2.24, 2.45) is 0 Å². The number of anilines is 1. The Morgan fingerprint density at radius 1 is 1.07 bits per heavy atom. The van der Waals surface area contributed by atoms with Gasteiger partial charge in [0.25, 0.3) is 5.91 Å². The van der Waals surface area contributed by atoms with Gasteiger partial charge in [-0.25, -0.2) is 4.79 Å². The second kappa shape index (κ2) is 8.59. The van der Waals surface area contributed by atoms with E-state index in [1.807, 2.05) is 54.6 Å². The number of benzene rings is 3. The minimum atomic E-state index is -0.387. The van der Waals surface area contributed by atoms with E-state index in [4.69, 9.17) is 16.3 Å². The minimum absolute atomic E-state index is 0.0652. The van der Waals surface area contributed by atoms with E-state index >= 15 is 0 Å². The predicted molar refractivity (Wildman–Crippen MR) is 117 cm³/mol. The fourth-order valence-corrected chi connectivity index (χ4v) is 3.80. The van der Waals surface area contributed by atoms with Crippen LogP contribution >= 0.6 is 11.6 Å². The molecule has 1 heterocycles. The standard InChI is InChI=1S/C24H21ClN2O3/c1-2-30-24(29)16-9-7-10-18(14-16)26-22-19-11-4-5-12-20(19)23(28)27(22)15-17-8-3-6-13-21(17)25/h3-14,22,26H,2,15H2,1H3/t22-/m1/s1. The second-order valence-corrected chi connectivity index (χ2v) is 7.37. The second-order valence-electron chi connectivity index (χ2n) is 6.96. The Hall–Kier alpha value is -3.31. The van der Waals surface area contributed by atoms with Gasteiger partial charge in [0.1, 0.15) is 6.17 Å². The Morgan fingerprint density at radius 2 is 1.83 bits per heavy atom. The summed E-state index contributed by atoms with van der Waals surface area (Å²) in [5.74, 6) is -0.443. The molecule has 0 spiro atoms. The lowest BCUT2D eigenvalue weighted by Crippen LogP contribution is -2.32. The molecular weight excluding hydrogens is 400 g/mol. The quantitative estimate of drug-likeness (QED) is 0.551. The predicted octanol–water partition coefficient (Wildman–Crippen LogP) is 5.28. The normalized spacial score (nSPS) is 15.1. The molecule has 30 heavy (non-hydrogen) atoms. The number of nitrogens with zero attached hydrogens (tertiary/aromatic N) is 1. The van der Waals surface area contributed by atoms with E-state index < -0.39 is 0 Å². The van der Waals surface area contributed by atoms with Gasteiger partial charge in [-0.1, -0.05) is 54.1 Å². The summed E-state index contributed by atoms with van der Waals surface area (Å²) in [4.78, 5) is 27.0. The zero-order valence-electron chi connectivity index (χ0n) is 16.5. The first-order chi connectivity index (χ1) is 14.6. The lowest BCUT2D eigenvalue weighted by molar-refractivity contribution is 0.0526. The summed E-state index contributed by atoms with van der Waals surface area (Å²) in [6, 6.07) is 22.1. The Morgan fingerprint density at radius 3 is 2.63 bits per heavy atom. The number of hydrogen-bond donors (Lipinski definition) is 1. The lowest BCUT2D eigenvalue weighted by Gasteiger charge is -2.27. The van der Waals surface area contributed by atoms with Crippen molar-refractivity contribution in [1.29, 1.82) is 0 Å². The number of esters is 1. The van der Waals surface area contributed by atoms with Gasteiger partial charge in [-0.3, -0.25) is 4.79 Å². The molecule has 1 amide bonds. The van der Waals surface area contributed by atoms with Crippen molar-refractivity contribution in [3.63, 3.8) is 0 Å². The largest absolute Gasteiger partial charge is 0.462 e. The van der Waals surface area contributed by atoms with Crippen molar-refractivity contribution in [3.8, 4) is 0 Å². The van der Waals surface area contributed by atoms with E-state index in [2.05, 4.69) is 5.32 Å². The van der Waals surface area contributed by atoms with Gasteiger partial charge >= 0.3 is 5.97 Å². The number of fused-ring (bicyclic) bond motifs is 1. The molecule has 4 rings (SSSR count). The number of halogens is 1. The molecule has 6 heteroatoms. The number of ether oxygens (including phenoxy) is 1. The monoisotopic (exact) mass is 420 g/mol. The third kappa shape index (κ3) is 3.89. The van der Waals surface area contributed by atoms with Crippen LogP contribution in [0.4, 0.5) is 5.69 Å². The van der Waals surface area contributed by atoms with Gasteiger partial charge in [0, 0.05) is 28.4 Å². The van der Waals surface area contributed by atoms with Gasteiger partial charge in [-0.05, 0) is 42.8 Å². The third-order valence-electron chi connectivity index (χ3n) is 5.03. The molecule has 3 aromatic carbocycles. The summed E-state index contributed by atoms with van der Waals surface area (Å²) >= 11 is 6.35. The average molecular weight is 421 g/mol. The fourth-order valence-electron chi connectivity index (χ4n) is 3.61. The molecule has 1 N–H and O–H groups in total. The molecule has 1 aliphatic heterocycles. The molecule has 0 aliphatic carbocycles. The average Bonchev–Trinajstić information content (AvgIpc) is 3.02. The van der Waals surface area contributed by atoms with E-state index in [0.717, 1.165) is 16.8 Å². The minimum Gasteiger partial charge on any atom is -0.462 e. The van der Waals surface area contributed by atoms with Gasteiger partial charge in [0.15, 0.2) is 0 Å². The maximum absolute atomic E-state index is 13.1. The number of carbonyl (C=O) groups excluding carboxylic acids is 2. The van der Waals surface area contributed by atoms with Crippen LogP contribution in [0.2, 0.25) is 5.02 Å². The summed E-state index contributed by atoms with van der Waals surface area (Å²) in [6.07, 6.45) is -0.387. The van der Waals surface area contributed by atoms with Crippen molar-refractivity contribution in [2.45, 2.75) is 19.6 Å². The van der Waals surface area contributed by atoms with Crippen LogP contribution in [-0.2, 0) is 11.3 Å². The van der Waals surface area contributed by atoms with Gasteiger partial charge in [-0.15, -0.1) is 0 Å². The maximum Gasteiger partial charge on any atom is 0.338 e. The zero-order chi connectivity index (χ0) is 21.1. The lowest BCUT2D eigenvalue weighted by atomic mass is 10.1. The molecule has 0 saturated heterocycles. The van der Waals surface area contributed by atoms with Crippen LogP contribution in [0, 0.1) is 0 Å². The van der Waals surface area contributed by atoms with E-state index in [0.29, 0.717) is 29.3 Å². The van der Waals surface area contributed by atoms with Gasteiger partial charge in [0.2, 0.25) is 0 Å². The Kier molecular flexibility index (Phi) is 5.72. The number of rotatable bonds is 6. The zero-order valence-corrected chi connectivity index (χ0v) is 17.2. The number of nitrogens with one attached hydrogen (secondary N) is 1. The van der Waals surface area contributed by atoms with Crippen molar-refractivity contribution in [2.75, 3.05) is 11.9 Å². The van der Waals surface area contributed by atoms with Gasteiger partial charge in [0.05, 0.1) is 12.2 Å². The summed E-state index contributed by atoms with van der Waals surface area (Å²) in [5, 5.41) is 4.02. The van der Waals surface area contributed by atoms with Crippen LogP contribution in [0.15, 0.2) is 72.8 Å². The molecule has 0 saturated carbocycles. The molecule has 1 aliphatic rings. The molecule has 1 atom stereocenters. The molecule has 152 valence electrons. The summed E-state index contributed by atoms with van der Waals surface area (Å²) < 4.78 is 5.09. The molecular formula is C24H21ClN2O3. The highest BCUT2D eigenvalue weighted by Crippen LogP contribution is 2.36. The van der Waals surface area contributed by atoms with Crippen LogP contribution in [0.3, 0.4) is 0 Å². The van der Waals surface area contributed by atoms with E-state index in [1.165, 1.54) is 0 Å². The summed E-state index contributed by atoms with van der Waals surface area (Å²) in [5.41, 5.74) is 3.59. The van der Waals surface area contributed by atoms with Crippen molar-refractivity contribution < 1.29 is 14.3 Å². The Bertz CT molecular complexity index is 1100. The molecule has 0 bridgehead atoms. The van der Waals surface area contributed by atoms with Crippen LogP contribution in [0.1, 0.15) is 44.9 Å². The first-order valence-corrected chi connectivity index (χ1v) is 10.1. The van der Waals surface area contributed by atoms with Crippen LogP contribution in [0.5, 0.6) is 0 Å². The first-order valence-electron chi connectivity index (χ1n) is 9.75. The first kappa shape index (κ1) is 20.0. The molecule has 0 unspecified atom stereocenters. The van der Waals surface area contributed by atoms with Crippen LogP contribution in [-0.4, -0.2) is 23.4 Å². The van der Waals surface area contributed by atoms with Gasteiger partial charge in [-0.2, -0.15) is 0 Å². The fraction of sp³-hybridized carbons (Fsp3) is 0.167. The van der Waals surface area contributed by atoms with Crippen LogP contribution < -0.4 is 5.32 Å². The van der Waals surface area contributed by atoms with E-state index in [-0.39, 0.29) is 18.0 Å². The molecule has 0 aromatic heterocycles. The smallest absolute Gasteiger partial charge is 0.338 e.